The fourth-order valence-corrected chi connectivity index (χ4v) is 0.546. The van der Waals surface area contributed by atoms with E-state index >= 15 is 0 Å². The molecule has 1 aromatic rings. The third-order valence-corrected chi connectivity index (χ3v) is 0.900. The van der Waals surface area contributed by atoms with Crippen LogP contribution in [0.4, 0.5) is 10.6 Å². The van der Waals surface area contributed by atoms with Gasteiger partial charge in [-0.25, -0.2) is 9.78 Å². The summed E-state index contributed by atoms with van der Waals surface area (Å²) in [5, 5.41) is 10.3. The topological polar surface area (TPSA) is 62.2 Å². The SMILES string of the molecule is Cl.O=C(O)Nc1ccccn1. The van der Waals surface area contributed by atoms with Crippen molar-refractivity contribution in [2.24, 2.45) is 0 Å². The molecule has 0 unspecified atom stereocenters. The molecular weight excluding hydrogens is 168 g/mol. The number of nitrogens with one attached hydrogen (secondary N) is 1. The molecule has 1 rings (SSSR count). The molecule has 1 amide bonds. The van der Waals surface area contributed by atoms with E-state index in [9.17, 15) is 4.79 Å². The quantitative estimate of drug-likeness (QED) is 0.680. The number of carbonyl (C=O) groups is 1. The van der Waals surface area contributed by atoms with Crippen molar-refractivity contribution in [2.45, 2.75) is 0 Å². The van der Waals surface area contributed by atoms with E-state index in [-0.39, 0.29) is 12.4 Å². The number of aromatic nitrogens is 1. The molecule has 0 spiro atoms. The van der Waals surface area contributed by atoms with Gasteiger partial charge in [-0.2, -0.15) is 0 Å². The molecule has 0 aromatic carbocycles. The summed E-state index contributed by atoms with van der Waals surface area (Å²) in [4.78, 5) is 13.7. The third kappa shape index (κ3) is 3.42. The lowest BCUT2D eigenvalue weighted by molar-refractivity contribution is 0.209. The Hall–Kier alpha value is -1.29. The molecule has 4 nitrogen and oxygen atoms in total. The van der Waals surface area contributed by atoms with Gasteiger partial charge in [0.2, 0.25) is 0 Å². The molecule has 0 aliphatic heterocycles. The van der Waals surface area contributed by atoms with Crippen molar-refractivity contribution < 1.29 is 9.90 Å². The van der Waals surface area contributed by atoms with Crippen molar-refractivity contribution in [1.29, 1.82) is 0 Å². The summed E-state index contributed by atoms with van der Waals surface area (Å²) < 4.78 is 0. The molecule has 1 aromatic heterocycles. The maximum atomic E-state index is 10.0. The van der Waals surface area contributed by atoms with E-state index in [1.54, 1.807) is 18.2 Å². The van der Waals surface area contributed by atoms with Crippen LogP contribution < -0.4 is 5.32 Å². The van der Waals surface area contributed by atoms with Gasteiger partial charge in [0, 0.05) is 6.20 Å². The smallest absolute Gasteiger partial charge is 0.410 e. The van der Waals surface area contributed by atoms with Crippen LogP contribution in [0, 0.1) is 0 Å². The summed E-state index contributed by atoms with van der Waals surface area (Å²) in [5.74, 6) is 0.343. The van der Waals surface area contributed by atoms with Gasteiger partial charge < -0.3 is 5.11 Å². The molecule has 0 saturated heterocycles. The second kappa shape index (κ2) is 4.51. The highest BCUT2D eigenvalue weighted by Crippen LogP contribution is 1.97. The van der Waals surface area contributed by atoms with E-state index < -0.39 is 6.09 Å². The number of halogens is 1. The minimum atomic E-state index is -1.10. The Balaban J connectivity index is 0.000001000. The molecule has 0 radical (unpaired) electrons. The van der Waals surface area contributed by atoms with Gasteiger partial charge >= 0.3 is 6.09 Å². The minimum Gasteiger partial charge on any atom is -0.465 e. The second-order valence-electron chi connectivity index (χ2n) is 1.65. The maximum Gasteiger partial charge on any atom is 0.410 e. The molecule has 5 heteroatoms. The first-order valence-corrected chi connectivity index (χ1v) is 2.70. The molecule has 0 bridgehead atoms. The zero-order valence-electron chi connectivity index (χ0n) is 5.52. The van der Waals surface area contributed by atoms with Gasteiger partial charge in [0.15, 0.2) is 0 Å². The fraction of sp³-hybridized carbons (Fsp3) is 0. The van der Waals surface area contributed by atoms with Crippen molar-refractivity contribution in [3.8, 4) is 0 Å². The first-order chi connectivity index (χ1) is 4.79. The number of pyridine rings is 1. The molecule has 0 saturated carbocycles. The van der Waals surface area contributed by atoms with Crippen LogP contribution in [0.3, 0.4) is 0 Å². The molecule has 11 heavy (non-hydrogen) atoms. The summed E-state index contributed by atoms with van der Waals surface area (Å²) in [7, 11) is 0. The van der Waals surface area contributed by atoms with Crippen LogP contribution in [-0.2, 0) is 0 Å². The van der Waals surface area contributed by atoms with Crippen molar-refractivity contribution in [1.82, 2.24) is 4.98 Å². The van der Waals surface area contributed by atoms with E-state index in [0.717, 1.165) is 0 Å². The van der Waals surface area contributed by atoms with Gasteiger partial charge in [0.1, 0.15) is 5.82 Å². The summed E-state index contributed by atoms with van der Waals surface area (Å²) >= 11 is 0. The molecule has 0 atom stereocenters. The molecule has 2 N–H and O–H groups in total. The molecule has 60 valence electrons. The number of anilines is 1. The summed E-state index contributed by atoms with van der Waals surface area (Å²) in [6.07, 6.45) is 0.421. The van der Waals surface area contributed by atoms with E-state index in [1.807, 2.05) is 0 Å². The Kier molecular flexibility index (Phi) is 3.98. The van der Waals surface area contributed by atoms with Crippen LogP contribution in [0.25, 0.3) is 0 Å². The highest BCUT2D eigenvalue weighted by Gasteiger charge is 1.94. The lowest BCUT2D eigenvalue weighted by Crippen LogP contribution is -2.07. The van der Waals surface area contributed by atoms with Crippen LogP contribution in [-0.4, -0.2) is 16.2 Å². The highest BCUT2D eigenvalue weighted by atomic mass is 35.5. The van der Waals surface area contributed by atoms with Crippen molar-refractivity contribution >= 4 is 24.3 Å². The lowest BCUT2D eigenvalue weighted by atomic mass is 10.5. The number of amides is 1. The standard InChI is InChI=1S/C6H6N2O2.ClH/c9-6(10)8-5-3-1-2-4-7-5;/h1-4H,(H,7,8)(H,9,10);1H. The summed E-state index contributed by atoms with van der Waals surface area (Å²) in [5.41, 5.74) is 0. The summed E-state index contributed by atoms with van der Waals surface area (Å²) in [6.45, 7) is 0. The van der Waals surface area contributed by atoms with Gasteiger partial charge in [-0.15, -0.1) is 12.4 Å². The van der Waals surface area contributed by atoms with Crippen molar-refractivity contribution in [2.75, 3.05) is 5.32 Å². The zero-order chi connectivity index (χ0) is 7.40. The number of rotatable bonds is 1. The molecule has 0 aliphatic carbocycles. The largest absolute Gasteiger partial charge is 0.465 e. The predicted octanol–water partition coefficient (Wildman–Crippen LogP) is 1.59. The Morgan fingerprint density at radius 1 is 1.55 bits per heavy atom. The van der Waals surface area contributed by atoms with Crippen LogP contribution in [0.15, 0.2) is 24.4 Å². The van der Waals surface area contributed by atoms with E-state index in [0.29, 0.717) is 5.82 Å². The van der Waals surface area contributed by atoms with Crippen molar-refractivity contribution in [3.05, 3.63) is 24.4 Å². The molecule has 1 heterocycles. The number of hydrogen-bond acceptors (Lipinski definition) is 2. The molecular formula is C6H7ClN2O2. The van der Waals surface area contributed by atoms with E-state index in [4.69, 9.17) is 5.11 Å². The summed E-state index contributed by atoms with van der Waals surface area (Å²) in [6, 6.07) is 5.00. The van der Waals surface area contributed by atoms with Crippen LogP contribution >= 0.6 is 12.4 Å². The van der Waals surface area contributed by atoms with Gasteiger partial charge in [-0.3, -0.25) is 5.32 Å². The van der Waals surface area contributed by atoms with Crippen molar-refractivity contribution in [3.63, 3.8) is 0 Å². The normalized spacial score (nSPS) is 8.00. The zero-order valence-corrected chi connectivity index (χ0v) is 6.34. The Labute approximate surface area is 69.7 Å². The second-order valence-corrected chi connectivity index (χ2v) is 1.65. The number of carboxylic acid groups (broad SMARTS) is 1. The van der Waals surface area contributed by atoms with Crippen LogP contribution in [0.2, 0.25) is 0 Å². The maximum absolute atomic E-state index is 10.0. The highest BCUT2D eigenvalue weighted by molar-refractivity contribution is 5.85. The first-order valence-electron chi connectivity index (χ1n) is 2.70. The van der Waals surface area contributed by atoms with Crippen LogP contribution in [0.5, 0.6) is 0 Å². The average molecular weight is 175 g/mol. The Bertz CT molecular complexity index is 227. The van der Waals surface area contributed by atoms with E-state index in [1.165, 1.54) is 6.20 Å². The number of nitrogens with zero attached hydrogens (tertiary/aromatic N) is 1. The first kappa shape index (κ1) is 9.71. The molecule has 0 aliphatic rings. The lowest BCUT2D eigenvalue weighted by Gasteiger charge is -1.95. The Morgan fingerprint density at radius 2 is 2.27 bits per heavy atom. The minimum absolute atomic E-state index is 0. The van der Waals surface area contributed by atoms with Gasteiger partial charge in [-0.05, 0) is 12.1 Å². The third-order valence-electron chi connectivity index (χ3n) is 0.900. The Morgan fingerprint density at radius 3 is 2.73 bits per heavy atom. The van der Waals surface area contributed by atoms with Gasteiger partial charge in [0.05, 0.1) is 0 Å². The number of hydrogen-bond donors (Lipinski definition) is 2. The van der Waals surface area contributed by atoms with Gasteiger partial charge in [0.25, 0.3) is 0 Å². The fourth-order valence-electron chi connectivity index (χ4n) is 0.546. The predicted molar refractivity (Wildman–Crippen MR) is 43.1 cm³/mol. The average Bonchev–Trinajstić information content (AvgIpc) is 1.88. The monoisotopic (exact) mass is 174 g/mol. The van der Waals surface area contributed by atoms with Crippen LogP contribution in [0.1, 0.15) is 0 Å². The van der Waals surface area contributed by atoms with Gasteiger partial charge in [-0.1, -0.05) is 6.07 Å². The van der Waals surface area contributed by atoms with E-state index in [2.05, 4.69) is 10.3 Å². The molecule has 0 fully saturated rings.